The lowest BCUT2D eigenvalue weighted by molar-refractivity contribution is 0.174. The van der Waals surface area contributed by atoms with Crippen molar-refractivity contribution in [2.45, 2.75) is 12.5 Å². The minimum atomic E-state index is -0.275. The molecule has 2 aliphatic heterocycles. The first-order chi connectivity index (χ1) is 10.2. The molecule has 0 aromatic heterocycles. The number of fused-ring (bicyclic) bond motifs is 2. The van der Waals surface area contributed by atoms with Gasteiger partial charge in [-0.3, -0.25) is 0 Å². The summed E-state index contributed by atoms with van der Waals surface area (Å²) in [7, 11) is 0. The van der Waals surface area contributed by atoms with Gasteiger partial charge in [-0.1, -0.05) is 6.07 Å². The molecule has 0 saturated carbocycles. The molecule has 4 rings (SSSR count). The second-order valence-corrected chi connectivity index (χ2v) is 5.19. The van der Waals surface area contributed by atoms with E-state index in [-0.39, 0.29) is 18.7 Å². The van der Waals surface area contributed by atoms with Gasteiger partial charge < -0.3 is 19.9 Å². The fourth-order valence-corrected chi connectivity index (χ4v) is 2.80. The SMILES string of the molecule is NC[C@@H]1Cc2cc(F)cc(-c3ccc4c(c3)OCO4)c2O1. The van der Waals surface area contributed by atoms with Crippen molar-refractivity contribution in [1.82, 2.24) is 0 Å². The van der Waals surface area contributed by atoms with Gasteiger partial charge in [0.05, 0.1) is 0 Å². The summed E-state index contributed by atoms with van der Waals surface area (Å²) in [6.07, 6.45) is 0.552. The summed E-state index contributed by atoms with van der Waals surface area (Å²) < 4.78 is 30.4. The van der Waals surface area contributed by atoms with Gasteiger partial charge in [0.1, 0.15) is 17.7 Å². The molecule has 108 valence electrons. The Bertz CT molecular complexity index is 717. The van der Waals surface area contributed by atoms with Gasteiger partial charge in [-0.2, -0.15) is 0 Å². The van der Waals surface area contributed by atoms with E-state index in [2.05, 4.69) is 0 Å². The van der Waals surface area contributed by atoms with Crippen LogP contribution in [0.25, 0.3) is 11.1 Å². The highest BCUT2D eigenvalue weighted by Crippen LogP contribution is 2.42. The molecule has 0 radical (unpaired) electrons. The van der Waals surface area contributed by atoms with E-state index in [0.717, 1.165) is 16.7 Å². The molecule has 21 heavy (non-hydrogen) atoms. The van der Waals surface area contributed by atoms with Crippen molar-refractivity contribution >= 4 is 0 Å². The molecule has 2 aromatic carbocycles. The molecule has 0 spiro atoms. The third kappa shape index (κ3) is 2.01. The fourth-order valence-electron chi connectivity index (χ4n) is 2.80. The molecule has 0 aliphatic carbocycles. The van der Waals surface area contributed by atoms with Crippen LogP contribution in [-0.2, 0) is 6.42 Å². The summed E-state index contributed by atoms with van der Waals surface area (Å²) in [5, 5.41) is 0. The maximum Gasteiger partial charge on any atom is 0.231 e. The Balaban J connectivity index is 1.83. The van der Waals surface area contributed by atoms with Gasteiger partial charge in [-0.05, 0) is 29.8 Å². The maximum atomic E-state index is 13.9. The highest BCUT2D eigenvalue weighted by Gasteiger charge is 2.26. The molecule has 0 bridgehead atoms. The molecule has 5 heteroatoms. The number of hydrogen-bond acceptors (Lipinski definition) is 4. The minimum Gasteiger partial charge on any atom is -0.488 e. The van der Waals surface area contributed by atoms with Crippen LogP contribution in [-0.4, -0.2) is 19.4 Å². The van der Waals surface area contributed by atoms with Crippen LogP contribution in [0.1, 0.15) is 5.56 Å². The van der Waals surface area contributed by atoms with E-state index in [9.17, 15) is 4.39 Å². The van der Waals surface area contributed by atoms with Crippen LogP contribution in [0.5, 0.6) is 17.2 Å². The Labute approximate surface area is 121 Å². The number of halogens is 1. The fraction of sp³-hybridized carbons (Fsp3) is 0.250. The molecule has 4 nitrogen and oxygen atoms in total. The molecule has 0 unspecified atom stereocenters. The van der Waals surface area contributed by atoms with Crippen molar-refractivity contribution in [2.75, 3.05) is 13.3 Å². The summed E-state index contributed by atoms with van der Waals surface area (Å²) in [6, 6.07) is 8.54. The summed E-state index contributed by atoms with van der Waals surface area (Å²) in [4.78, 5) is 0. The zero-order chi connectivity index (χ0) is 14.4. The van der Waals surface area contributed by atoms with Crippen LogP contribution in [0.3, 0.4) is 0 Å². The molecular formula is C16H14FNO3. The van der Waals surface area contributed by atoms with Crippen molar-refractivity contribution in [2.24, 2.45) is 5.73 Å². The van der Waals surface area contributed by atoms with Crippen LogP contribution in [0.2, 0.25) is 0 Å². The first kappa shape index (κ1) is 12.5. The average Bonchev–Trinajstić information content (AvgIpc) is 3.11. The summed E-state index contributed by atoms with van der Waals surface area (Å²) in [5.74, 6) is 1.81. The molecule has 1 atom stereocenters. The van der Waals surface area contributed by atoms with Gasteiger partial charge in [-0.25, -0.2) is 4.39 Å². The maximum absolute atomic E-state index is 13.9. The minimum absolute atomic E-state index is 0.0884. The van der Waals surface area contributed by atoms with E-state index in [1.54, 1.807) is 0 Å². The monoisotopic (exact) mass is 287 g/mol. The van der Waals surface area contributed by atoms with Crippen molar-refractivity contribution in [3.05, 3.63) is 41.7 Å². The van der Waals surface area contributed by atoms with Crippen LogP contribution in [0.15, 0.2) is 30.3 Å². The van der Waals surface area contributed by atoms with E-state index in [1.807, 2.05) is 18.2 Å². The molecule has 2 aliphatic rings. The second-order valence-electron chi connectivity index (χ2n) is 5.19. The quantitative estimate of drug-likeness (QED) is 0.922. The van der Waals surface area contributed by atoms with Crippen LogP contribution < -0.4 is 19.9 Å². The first-order valence-corrected chi connectivity index (χ1v) is 6.84. The number of hydrogen-bond donors (Lipinski definition) is 1. The highest BCUT2D eigenvalue weighted by atomic mass is 19.1. The predicted molar refractivity (Wildman–Crippen MR) is 75.1 cm³/mol. The first-order valence-electron chi connectivity index (χ1n) is 6.84. The van der Waals surface area contributed by atoms with Crippen molar-refractivity contribution < 1.29 is 18.6 Å². The molecule has 2 aromatic rings. The third-order valence-corrected chi connectivity index (χ3v) is 3.81. The Kier molecular flexibility index (Phi) is 2.75. The van der Waals surface area contributed by atoms with Crippen molar-refractivity contribution in [3.8, 4) is 28.4 Å². The molecular weight excluding hydrogens is 273 g/mol. The number of benzene rings is 2. The van der Waals surface area contributed by atoms with Gasteiger partial charge in [-0.15, -0.1) is 0 Å². The number of nitrogens with two attached hydrogens (primary N) is 1. The van der Waals surface area contributed by atoms with Gasteiger partial charge in [0.15, 0.2) is 11.5 Å². The van der Waals surface area contributed by atoms with Gasteiger partial charge in [0, 0.05) is 24.1 Å². The van der Waals surface area contributed by atoms with Crippen molar-refractivity contribution in [3.63, 3.8) is 0 Å². The zero-order valence-electron chi connectivity index (χ0n) is 11.3. The topological polar surface area (TPSA) is 53.7 Å². The normalized spacial score (nSPS) is 18.5. The number of rotatable bonds is 2. The molecule has 0 saturated heterocycles. The van der Waals surface area contributed by atoms with Gasteiger partial charge in [0.25, 0.3) is 0 Å². The Morgan fingerprint density at radius 2 is 2.00 bits per heavy atom. The second kappa shape index (κ2) is 4.63. The Hall–Kier alpha value is -2.27. The van der Waals surface area contributed by atoms with E-state index < -0.39 is 0 Å². The van der Waals surface area contributed by atoms with E-state index in [4.69, 9.17) is 19.9 Å². The van der Waals surface area contributed by atoms with E-state index in [1.165, 1.54) is 12.1 Å². The lowest BCUT2D eigenvalue weighted by atomic mass is 10.00. The van der Waals surface area contributed by atoms with E-state index >= 15 is 0 Å². The standard InChI is InChI=1S/C16H14FNO3/c17-11-3-10-4-12(7-18)21-16(10)13(6-11)9-1-2-14-15(5-9)20-8-19-14/h1-3,5-6,12H,4,7-8,18H2/t12-/m0/s1. The number of ether oxygens (including phenoxy) is 3. The summed E-state index contributed by atoms with van der Waals surface area (Å²) in [6.45, 7) is 0.628. The van der Waals surface area contributed by atoms with Crippen LogP contribution in [0.4, 0.5) is 4.39 Å². The van der Waals surface area contributed by atoms with Crippen LogP contribution >= 0.6 is 0 Å². The Morgan fingerprint density at radius 1 is 1.14 bits per heavy atom. The lowest BCUT2D eigenvalue weighted by Crippen LogP contribution is -2.24. The Morgan fingerprint density at radius 3 is 2.86 bits per heavy atom. The third-order valence-electron chi connectivity index (χ3n) is 3.81. The molecule has 2 N–H and O–H groups in total. The molecule has 2 heterocycles. The lowest BCUT2D eigenvalue weighted by Gasteiger charge is -2.11. The van der Waals surface area contributed by atoms with Gasteiger partial charge >= 0.3 is 0 Å². The molecule has 0 fully saturated rings. The smallest absolute Gasteiger partial charge is 0.231 e. The highest BCUT2D eigenvalue weighted by molar-refractivity contribution is 5.75. The molecule has 0 amide bonds. The zero-order valence-corrected chi connectivity index (χ0v) is 11.3. The predicted octanol–water partition coefficient (Wildman–Crippen LogP) is 2.48. The summed E-state index contributed by atoms with van der Waals surface area (Å²) in [5.41, 5.74) is 8.08. The summed E-state index contributed by atoms with van der Waals surface area (Å²) >= 11 is 0. The largest absolute Gasteiger partial charge is 0.488 e. The van der Waals surface area contributed by atoms with Gasteiger partial charge in [0.2, 0.25) is 6.79 Å². The van der Waals surface area contributed by atoms with Crippen LogP contribution in [0, 0.1) is 5.82 Å². The van der Waals surface area contributed by atoms with E-state index in [0.29, 0.717) is 30.2 Å². The van der Waals surface area contributed by atoms with Crippen molar-refractivity contribution in [1.29, 1.82) is 0 Å². The average molecular weight is 287 g/mol.